The molecule has 0 saturated carbocycles. The van der Waals surface area contributed by atoms with Gasteiger partial charge in [0.15, 0.2) is 0 Å². The van der Waals surface area contributed by atoms with Crippen LogP contribution in [0.4, 0.5) is 5.69 Å². The molecule has 23 heavy (non-hydrogen) atoms. The largest absolute Gasteiger partial charge is 0.315 e. The van der Waals surface area contributed by atoms with E-state index in [1.807, 2.05) is 28.0 Å². The maximum atomic E-state index is 13.3. The lowest BCUT2D eigenvalue weighted by molar-refractivity contribution is -0.137. The van der Waals surface area contributed by atoms with Gasteiger partial charge in [-0.15, -0.1) is 11.8 Å². The molecule has 122 valence electrons. The lowest BCUT2D eigenvalue weighted by atomic mass is 9.95. The Bertz CT molecular complexity index is 677. The maximum absolute atomic E-state index is 13.3. The molecule has 1 aromatic carbocycles. The number of fused-ring (bicyclic) bond motifs is 2. The molecule has 2 saturated heterocycles. The summed E-state index contributed by atoms with van der Waals surface area (Å²) in [5, 5.41) is 0. The molecule has 4 rings (SSSR count). The van der Waals surface area contributed by atoms with Gasteiger partial charge >= 0.3 is 0 Å². The van der Waals surface area contributed by atoms with Crippen molar-refractivity contribution < 1.29 is 9.59 Å². The van der Waals surface area contributed by atoms with Gasteiger partial charge in [0.25, 0.3) is 5.91 Å². The second kappa shape index (κ2) is 5.26. The highest BCUT2D eigenvalue weighted by Gasteiger charge is 2.54. The van der Waals surface area contributed by atoms with Crippen LogP contribution >= 0.6 is 11.8 Å². The number of carbonyl (C=O) groups excluding carboxylic acids is 2. The predicted octanol–water partition coefficient (Wildman–Crippen LogP) is 2.81. The van der Waals surface area contributed by atoms with Crippen molar-refractivity contribution in [1.82, 2.24) is 4.90 Å². The van der Waals surface area contributed by atoms with Gasteiger partial charge in [-0.2, -0.15) is 0 Å². The lowest BCUT2D eigenvalue weighted by Crippen LogP contribution is -2.54. The Morgan fingerprint density at radius 2 is 2.09 bits per heavy atom. The Balaban J connectivity index is 1.68. The summed E-state index contributed by atoms with van der Waals surface area (Å²) in [6.07, 6.45) is 3.42. The van der Waals surface area contributed by atoms with E-state index in [1.54, 1.807) is 11.8 Å². The zero-order valence-corrected chi connectivity index (χ0v) is 14.4. The van der Waals surface area contributed by atoms with Crippen molar-refractivity contribution in [1.29, 1.82) is 0 Å². The van der Waals surface area contributed by atoms with Crippen molar-refractivity contribution in [3.63, 3.8) is 0 Å². The van der Waals surface area contributed by atoms with Crippen molar-refractivity contribution in [3.8, 4) is 0 Å². The number of benzene rings is 1. The van der Waals surface area contributed by atoms with Crippen LogP contribution in [0.3, 0.4) is 0 Å². The van der Waals surface area contributed by atoms with Crippen LogP contribution in [0.5, 0.6) is 0 Å². The molecule has 3 aliphatic rings. The van der Waals surface area contributed by atoms with E-state index in [-0.39, 0.29) is 28.8 Å². The van der Waals surface area contributed by atoms with Crippen LogP contribution in [-0.4, -0.2) is 39.4 Å². The molecule has 2 amide bonds. The molecule has 2 fully saturated rings. The number of aryl methyl sites for hydroxylation is 1. The van der Waals surface area contributed by atoms with Crippen molar-refractivity contribution in [3.05, 3.63) is 29.8 Å². The Kier molecular flexibility index (Phi) is 3.45. The van der Waals surface area contributed by atoms with E-state index in [4.69, 9.17) is 0 Å². The molecule has 3 heterocycles. The number of anilines is 1. The summed E-state index contributed by atoms with van der Waals surface area (Å²) in [6.45, 7) is 4.21. The van der Waals surface area contributed by atoms with Crippen molar-refractivity contribution in [2.45, 2.75) is 56.5 Å². The number of nitrogens with zero attached hydrogens (tertiary/aromatic N) is 2. The normalized spacial score (nSPS) is 32.9. The van der Waals surface area contributed by atoms with E-state index >= 15 is 0 Å². The molecule has 3 aliphatic heterocycles. The fourth-order valence-corrected chi connectivity index (χ4v) is 5.61. The van der Waals surface area contributed by atoms with E-state index in [2.05, 4.69) is 19.9 Å². The minimum atomic E-state index is -0.311. The number of hydrogen-bond donors (Lipinski definition) is 0. The van der Waals surface area contributed by atoms with E-state index < -0.39 is 0 Å². The first-order valence-corrected chi connectivity index (χ1v) is 9.37. The quantitative estimate of drug-likeness (QED) is 0.795. The average Bonchev–Trinajstić information content (AvgIpc) is 3.03. The number of amides is 2. The molecule has 0 spiro atoms. The summed E-state index contributed by atoms with van der Waals surface area (Å²) >= 11 is 1.76. The molecule has 0 radical (unpaired) electrons. The summed E-state index contributed by atoms with van der Waals surface area (Å²) in [7, 11) is 0. The van der Waals surface area contributed by atoms with Gasteiger partial charge in [0.1, 0.15) is 6.04 Å². The summed E-state index contributed by atoms with van der Waals surface area (Å²) in [4.78, 5) is 29.3. The van der Waals surface area contributed by atoms with Gasteiger partial charge in [-0.05, 0) is 44.7 Å². The van der Waals surface area contributed by atoms with E-state index in [1.165, 1.54) is 5.56 Å². The number of para-hydroxylation sites is 1. The summed E-state index contributed by atoms with van der Waals surface area (Å²) < 4.78 is 0. The molecule has 3 atom stereocenters. The maximum Gasteiger partial charge on any atom is 0.250 e. The van der Waals surface area contributed by atoms with Crippen LogP contribution in [0.15, 0.2) is 24.3 Å². The number of rotatable bonds is 1. The summed E-state index contributed by atoms with van der Waals surface area (Å²) in [6, 6.07) is 8.04. The van der Waals surface area contributed by atoms with Crippen molar-refractivity contribution >= 4 is 29.3 Å². The minimum Gasteiger partial charge on any atom is -0.315 e. The molecular formula is C18H22N2O2S. The third-order valence-electron chi connectivity index (χ3n) is 5.49. The van der Waals surface area contributed by atoms with Gasteiger partial charge in [-0.1, -0.05) is 18.2 Å². The van der Waals surface area contributed by atoms with Gasteiger partial charge in [0.2, 0.25) is 5.91 Å². The first-order valence-electron chi connectivity index (χ1n) is 8.38. The molecule has 0 bridgehead atoms. The highest BCUT2D eigenvalue weighted by molar-refractivity contribution is 8.01. The SMILES string of the molecule is CC1CCc2ccccc2N1C(=O)C1CSC2(C)CCC(=O)N12. The molecule has 5 heteroatoms. The minimum absolute atomic E-state index is 0.0936. The van der Waals surface area contributed by atoms with Gasteiger partial charge in [-0.3, -0.25) is 9.59 Å². The van der Waals surface area contributed by atoms with E-state index in [9.17, 15) is 9.59 Å². The van der Waals surface area contributed by atoms with Crippen LogP contribution in [0, 0.1) is 0 Å². The molecular weight excluding hydrogens is 308 g/mol. The molecule has 3 unspecified atom stereocenters. The van der Waals surface area contributed by atoms with Gasteiger partial charge in [-0.25, -0.2) is 0 Å². The van der Waals surface area contributed by atoms with E-state index in [0.29, 0.717) is 12.2 Å². The highest BCUT2D eigenvalue weighted by atomic mass is 32.2. The van der Waals surface area contributed by atoms with E-state index in [0.717, 1.165) is 24.9 Å². The zero-order chi connectivity index (χ0) is 16.2. The van der Waals surface area contributed by atoms with Gasteiger partial charge < -0.3 is 9.80 Å². The molecule has 0 aromatic heterocycles. The standard InChI is InChI=1S/C18H22N2O2S/c1-12-7-8-13-5-3-4-6-14(13)19(12)17(22)15-11-23-18(2)10-9-16(21)20(15)18/h3-6,12,15H,7-11H2,1-2H3. The smallest absolute Gasteiger partial charge is 0.250 e. The van der Waals surface area contributed by atoms with Crippen LogP contribution in [0.1, 0.15) is 38.7 Å². The first kappa shape index (κ1) is 15.1. The Morgan fingerprint density at radius 3 is 2.91 bits per heavy atom. The summed E-state index contributed by atoms with van der Waals surface area (Å²) in [5.74, 6) is 0.942. The van der Waals surface area contributed by atoms with Crippen molar-refractivity contribution in [2.75, 3.05) is 10.7 Å². The van der Waals surface area contributed by atoms with Crippen molar-refractivity contribution in [2.24, 2.45) is 0 Å². The fraction of sp³-hybridized carbons (Fsp3) is 0.556. The topological polar surface area (TPSA) is 40.6 Å². The third kappa shape index (κ3) is 2.20. The average molecular weight is 330 g/mol. The molecule has 1 aromatic rings. The highest BCUT2D eigenvalue weighted by Crippen LogP contribution is 2.48. The molecule has 0 N–H and O–H groups in total. The first-order chi connectivity index (χ1) is 11.0. The fourth-order valence-electron chi connectivity index (χ4n) is 4.19. The third-order valence-corrected chi connectivity index (χ3v) is 7.00. The van der Waals surface area contributed by atoms with Gasteiger partial charge in [0, 0.05) is 23.9 Å². The molecule has 0 aliphatic carbocycles. The van der Waals surface area contributed by atoms with Gasteiger partial charge in [0.05, 0.1) is 4.87 Å². The molecule has 4 nitrogen and oxygen atoms in total. The van der Waals surface area contributed by atoms with Crippen LogP contribution in [0.2, 0.25) is 0 Å². The lowest BCUT2D eigenvalue weighted by Gasteiger charge is -2.39. The number of hydrogen-bond acceptors (Lipinski definition) is 3. The summed E-state index contributed by atoms with van der Waals surface area (Å²) in [5.41, 5.74) is 2.27. The predicted molar refractivity (Wildman–Crippen MR) is 92.4 cm³/mol. The Labute approximate surface area is 141 Å². The van der Waals surface area contributed by atoms with Crippen LogP contribution < -0.4 is 4.90 Å². The monoisotopic (exact) mass is 330 g/mol. The Morgan fingerprint density at radius 1 is 1.30 bits per heavy atom. The van der Waals surface area contributed by atoms with Crippen LogP contribution in [0.25, 0.3) is 0 Å². The van der Waals surface area contributed by atoms with Crippen LogP contribution in [-0.2, 0) is 16.0 Å². The second-order valence-electron chi connectivity index (χ2n) is 6.99. The second-order valence-corrected chi connectivity index (χ2v) is 8.49. The zero-order valence-electron chi connectivity index (χ0n) is 13.6. The Hall–Kier alpha value is -1.49. The number of thioether (sulfide) groups is 1. The number of carbonyl (C=O) groups is 2.